The van der Waals surface area contributed by atoms with Gasteiger partial charge in [-0.1, -0.05) is 0 Å². The van der Waals surface area contributed by atoms with Crippen LogP contribution >= 0.6 is 0 Å². The fraction of sp³-hybridized carbons (Fsp3) is 0.286. The van der Waals surface area contributed by atoms with Crippen LogP contribution in [-0.2, 0) is 0 Å². The molecule has 0 saturated heterocycles. The molecule has 6 heteroatoms. The molecule has 0 unspecified atom stereocenters. The van der Waals surface area contributed by atoms with Gasteiger partial charge in [0, 0.05) is 6.07 Å². The molecule has 1 aromatic heterocycles. The van der Waals surface area contributed by atoms with Gasteiger partial charge in [-0.15, -0.1) is 0 Å². The Morgan fingerprint density at radius 3 is 2.69 bits per heavy atom. The van der Waals surface area contributed by atoms with E-state index in [-0.39, 0.29) is 0 Å². The van der Waals surface area contributed by atoms with Crippen LogP contribution in [0.4, 0.5) is 10.5 Å². The molecule has 2 amide bonds. The minimum Gasteiger partial charge on any atom is -0.464 e. The minimum absolute atomic E-state index is 0.516. The van der Waals surface area contributed by atoms with Crippen molar-refractivity contribution in [2.24, 2.45) is 5.84 Å². The molecule has 5 N–H and O–H groups in total. The topological polar surface area (TPSA) is 92.3 Å². The second kappa shape index (κ2) is 3.81. The number of nitrogens with one attached hydrogen (secondary N) is 3. The molecule has 1 rings (SSSR count). The lowest BCUT2D eigenvalue weighted by atomic mass is 10.4. The van der Waals surface area contributed by atoms with Gasteiger partial charge in [-0.05, 0) is 13.8 Å². The number of furan rings is 1. The van der Waals surface area contributed by atoms with E-state index in [4.69, 9.17) is 10.3 Å². The first-order valence-corrected chi connectivity index (χ1v) is 3.73. The lowest BCUT2D eigenvalue weighted by Crippen LogP contribution is -2.42. The Bertz CT molecular complexity index is 307. The van der Waals surface area contributed by atoms with Crippen molar-refractivity contribution in [1.29, 1.82) is 0 Å². The van der Waals surface area contributed by atoms with Crippen LogP contribution in [-0.4, -0.2) is 6.03 Å². The number of carbonyl (C=O) groups is 1. The van der Waals surface area contributed by atoms with Gasteiger partial charge in [0.2, 0.25) is 0 Å². The zero-order chi connectivity index (χ0) is 9.84. The maximum absolute atomic E-state index is 10.7. The van der Waals surface area contributed by atoms with Gasteiger partial charge in [0.15, 0.2) is 0 Å². The van der Waals surface area contributed by atoms with E-state index >= 15 is 0 Å². The summed E-state index contributed by atoms with van der Waals surface area (Å²) in [5.74, 6) is 6.33. The highest BCUT2D eigenvalue weighted by molar-refractivity contribution is 5.74. The van der Waals surface area contributed by atoms with Gasteiger partial charge in [0.1, 0.15) is 11.5 Å². The number of aryl methyl sites for hydroxylation is 2. The third-order valence-corrected chi connectivity index (χ3v) is 1.48. The van der Waals surface area contributed by atoms with Crippen LogP contribution in [0, 0.1) is 13.8 Å². The average Bonchev–Trinajstić information content (AvgIpc) is 2.41. The maximum atomic E-state index is 10.7. The summed E-state index contributed by atoms with van der Waals surface area (Å²) >= 11 is 0. The van der Waals surface area contributed by atoms with Crippen molar-refractivity contribution in [3.05, 3.63) is 17.6 Å². The highest BCUT2D eigenvalue weighted by atomic mass is 16.3. The standard InChI is InChI=1S/C7H12N4O2/c1-4-3-6(5(2)13-4)10-11-7(12)9-8/h3,10H,8H2,1-2H3,(H2,9,11,12). The Labute approximate surface area is 75.4 Å². The smallest absolute Gasteiger partial charge is 0.347 e. The molecule has 0 saturated carbocycles. The van der Waals surface area contributed by atoms with Crippen LogP contribution in [0.3, 0.4) is 0 Å². The van der Waals surface area contributed by atoms with Crippen molar-refractivity contribution in [1.82, 2.24) is 10.9 Å². The quantitative estimate of drug-likeness (QED) is 0.304. The summed E-state index contributed by atoms with van der Waals surface area (Å²) in [5, 5.41) is 0. The van der Waals surface area contributed by atoms with Crippen molar-refractivity contribution in [3.63, 3.8) is 0 Å². The van der Waals surface area contributed by atoms with E-state index < -0.39 is 6.03 Å². The molecular weight excluding hydrogens is 172 g/mol. The third-order valence-electron chi connectivity index (χ3n) is 1.48. The molecule has 0 aliphatic carbocycles. The highest BCUT2D eigenvalue weighted by Gasteiger charge is 2.04. The fourth-order valence-corrected chi connectivity index (χ4v) is 0.915. The number of hydrogen-bond acceptors (Lipinski definition) is 4. The van der Waals surface area contributed by atoms with Crippen LogP contribution in [0.2, 0.25) is 0 Å². The summed E-state index contributed by atoms with van der Waals surface area (Å²) in [6, 6.07) is 1.25. The number of anilines is 1. The summed E-state index contributed by atoms with van der Waals surface area (Å²) in [6.07, 6.45) is 0. The second-order valence-corrected chi connectivity index (χ2v) is 2.55. The molecule has 1 aromatic rings. The van der Waals surface area contributed by atoms with Crippen LogP contribution in [0.1, 0.15) is 11.5 Å². The van der Waals surface area contributed by atoms with Gasteiger partial charge in [-0.25, -0.2) is 10.6 Å². The summed E-state index contributed by atoms with van der Waals surface area (Å²) in [4.78, 5) is 10.7. The van der Waals surface area contributed by atoms with Crippen molar-refractivity contribution in [2.45, 2.75) is 13.8 Å². The molecule has 0 bridgehead atoms. The van der Waals surface area contributed by atoms with E-state index in [2.05, 4.69) is 10.9 Å². The number of hydrogen-bond donors (Lipinski definition) is 4. The van der Waals surface area contributed by atoms with Crippen molar-refractivity contribution < 1.29 is 9.21 Å². The van der Waals surface area contributed by atoms with Gasteiger partial charge < -0.3 is 4.42 Å². The van der Waals surface area contributed by atoms with Gasteiger partial charge in [0.05, 0.1) is 5.69 Å². The van der Waals surface area contributed by atoms with Crippen LogP contribution in [0.15, 0.2) is 10.5 Å². The number of rotatable bonds is 2. The molecule has 6 nitrogen and oxygen atoms in total. The van der Waals surface area contributed by atoms with Crippen LogP contribution < -0.4 is 22.1 Å². The Hall–Kier alpha value is -1.69. The van der Waals surface area contributed by atoms with E-state index in [1.54, 1.807) is 13.0 Å². The first-order chi connectivity index (χ1) is 6.13. The molecule has 13 heavy (non-hydrogen) atoms. The average molecular weight is 184 g/mol. The SMILES string of the molecule is Cc1cc(NNC(=O)NN)c(C)o1. The van der Waals surface area contributed by atoms with Gasteiger partial charge in [-0.2, -0.15) is 0 Å². The van der Waals surface area contributed by atoms with Gasteiger partial charge in [0.25, 0.3) is 0 Å². The number of amides is 2. The first kappa shape index (κ1) is 9.40. The van der Waals surface area contributed by atoms with Crippen LogP contribution in [0.5, 0.6) is 0 Å². The van der Waals surface area contributed by atoms with E-state index in [1.165, 1.54) is 0 Å². The highest BCUT2D eigenvalue weighted by Crippen LogP contribution is 2.17. The zero-order valence-corrected chi connectivity index (χ0v) is 7.47. The predicted molar refractivity (Wildman–Crippen MR) is 47.7 cm³/mol. The molecule has 0 atom stereocenters. The number of carbonyl (C=O) groups excluding carboxylic acids is 1. The normalized spacial score (nSPS) is 9.46. The lowest BCUT2D eigenvalue weighted by molar-refractivity contribution is 0.243. The summed E-state index contributed by atoms with van der Waals surface area (Å²) in [6.45, 7) is 3.61. The second-order valence-electron chi connectivity index (χ2n) is 2.55. The Morgan fingerprint density at radius 2 is 2.23 bits per heavy atom. The molecule has 0 spiro atoms. The number of hydrazine groups is 2. The predicted octanol–water partition coefficient (Wildman–Crippen LogP) is 0.396. The van der Waals surface area contributed by atoms with Gasteiger partial charge >= 0.3 is 6.03 Å². The Balaban J connectivity index is 2.54. The van der Waals surface area contributed by atoms with E-state index in [9.17, 15) is 4.79 Å². The summed E-state index contributed by atoms with van der Waals surface area (Å²) in [5.41, 5.74) is 7.59. The molecule has 0 aliphatic rings. The molecule has 0 aliphatic heterocycles. The summed E-state index contributed by atoms with van der Waals surface area (Å²) < 4.78 is 5.21. The molecule has 0 aromatic carbocycles. The zero-order valence-electron chi connectivity index (χ0n) is 7.47. The van der Waals surface area contributed by atoms with Crippen LogP contribution in [0.25, 0.3) is 0 Å². The molecule has 0 radical (unpaired) electrons. The lowest BCUT2D eigenvalue weighted by Gasteiger charge is -2.05. The van der Waals surface area contributed by atoms with Crippen molar-refractivity contribution in [3.8, 4) is 0 Å². The third kappa shape index (κ3) is 2.38. The molecule has 72 valence electrons. The van der Waals surface area contributed by atoms with E-state index in [1.807, 2.05) is 12.3 Å². The van der Waals surface area contributed by atoms with E-state index in [0.29, 0.717) is 11.4 Å². The molecular formula is C7H12N4O2. The van der Waals surface area contributed by atoms with Crippen molar-refractivity contribution in [2.75, 3.05) is 5.43 Å². The number of urea groups is 1. The van der Waals surface area contributed by atoms with Crippen molar-refractivity contribution >= 4 is 11.7 Å². The molecule has 0 fully saturated rings. The van der Waals surface area contributed by atoms with E-state index in [0.717, 1.165) is 5.76 Å². The summed E-state index contributed by atoms with van der Waals surface area (Å²) in [7, 11) is 0. The first-order valence-electron chi connectivity index (χ1n) is 3.73. The monoisotopic (exact) mass is 184 g/mol. The Kier molecular flexibility index (Phi) is 2.76. The fourth-order valence-electron chi connectivity index (χ4n) is 0.915. The minimum atomic E-state index is -0.516. The molecule has 1 heterocycles. The largest absolute Gasteiger partial charge is 0.464 e. The number of nitrogens with two attached hydrogens (primary N) is 1. The van der Waals surface area contributed by atoms with Gasteiger partial charge in [-0.3, -0.25) is 16.3 Å². The maximum Gasteiger partial charge on any atom is 0.347 e. The Morgan fingerprint density at radius 1 is 1.54 bits per heavy atom.